The molecule has 0 aliphatic rings. The van der Waals surface area contributed by atoms with Crippen LogP contribution >= 0.6 is 0 Å². The summed E-state index contributed by atoms with van der Waals surface area (Å²) in [5, 5.41) is 9.25. The van der Waals surface area contributed by atoms with E-state index < -0.39 is 0 Å². The van der Waals surface area contributed by atoms with Crippen molar-refractivity contribution >= 4 is 11.3 Å². The quantitative estimate of drug-likeness (QED) is 0.837. The van der Waals surface area contributed by atoms with Crippen LogP contribution in [0.2, 0.25) is 0 Å². The van der Waals surface area contributed by atoms with Crippen molar-refractivity contribution in [1.82, 2.24) is 4.98 Å². The number of allylic oxidation sites excluding steroid dienone is 1. The molecule has 0 atom stereocenters. The molecular formula is C15H12FN3. The molecule has 2 N–H and O–H groups in total. The molecule has 3 nitrogen and oxygen atoms in total. The molecule has 1 aromatic carbocycles. The monoisotopic (exact) mass is 253 g/mol. The molecule has 0 aliphatic carbocycles. The van der Waals surface area contributed by atoms with Crippen molar-refractivity contribution in [1.29, 1.82) is 5.26 Å². The molecule has 2 rings (SSSR count). The Bertz CT molecular complexity index is 670. The van der Waals surface area contributed by atoms with Crippen molar-refractivity contribution in [2.45, 2.75) is 6.92 Å². The molecule has 0 amide bonds. The Labute approximate surface area is 110 Å². The third kappa shape index (κ3) is 2.61. The van der Waals surface area contributed by atoms with Crippen LogP contribution in [0.5, 0.6) is 0 Å². The van der Waals surface area contributed by atoms with E-state index in [4.69, 9.17) is 5.73 Å². The summed E-state index contributed by atoms with van der Waals surface area (Å²) in [5.41, 5.74) is 8.42. The van der Waals surface area contributed by atoms with Gasteiger partial charge in [-0.2, -0.15) is 5.26 Å². The van der Waals surface area contributed by atoms with Gasteiger partial charge in [0.25, 0.3) is 0 Å². The van der Waals surface area contributed by atoms with Crippen LogP contribution in [0.15, 0.2) is 42.7 Å². The zero-order valence-electron chi connectivity index (χ0n) is 10.4. The molecule has 0 aliphatic heterocycles. The van der Waals surface area contributed by atoms with E-state index in [1.54, 1.807) is 43.6 Å². The fourth-order valence-corrected chi connectivity index (χ4v) is 1.75. The first-order valence-corrected chi connectivity index (χ1v) is 5.70. The minimum atomic E-state index is -0.295. The first-order chi connectivity index (χ1) is 9.13. The number of halogens is 1. The van der Waals surface area contributed by atoms with E-state index in [-0.39, 0.29) is 5.82 Å². The topological polar surface area (TPSA) is 62.7 Å². The van der Waals surface area contributed by atoms with Gasteiger partial charge in [0.1, 0.15) is 11.9 Å². The smallest absolute Gasteiger partial charge is 0.126 e. The number of nitrogens with zero attached hydrogens (tertiary/aromatic N) is 2. The highest BCUT2D eigenvalue weighted by molar-refractivity contribution is 5.95. The molecule has 0 radical (unpaired) electrons. The van der Waals surface area contributed by atoms with E-state index in [9.17, 15) is 9.65 Å². The van der Waals surface area contributed by atoms with Crippen LogP contribution in [-0.2, 0) is 0 Å². The van der Waals surface area contributed by atoms with Crippen molar-refractivity contribution < 1.29 is 4.39 Å². The Morgan fingerprint density at radius 1 is 1.32 bits per heavy atom. The number of nitriles is 1. The van der Waals surface area contributed by atoms with Crippen LogP contribution in [0.25, 0.3) is 11.3 Å². The second-order valence-electron chi connectivity index (χ2n) is 4.11. The molecule has 0 spiro atoms. The molecule has 19 heavy (non-hydrogen) atoms. The van der Waals surface area contributed by atoms with Gasteiger partial charge >= 0.3 is 0 Å². The van der Waals surface area contributed by atoms with Crippen LogP contribution in [0.4, 0.5) is 4.39 Å². The van der Waals surface area contributed by atoms with Gasteiger partial charge < -0.3 is 5.73 Å². The Balaban J connectivity index is 2.56. The van der Waals surface area contributed by atoms with Gasteiger partial charge in [0.2, 0.25) is 0 Å². The van der Waals surface area contributed by atoms with Crippen molar-refractivity contribution in [2.75, 3.05) is 0 Å². The zero-order valence-corrected chi connectivity index (χ0v) is 10.4. The lowest BCUT2D eigenvalue weighted by Gasteiger charge is -2.07. The Morgan fingerprint density at radius 2 is 2.11 bits per heavy atom. The Kier molecular flexibility index (Phi) is 3.58. The maximum atomic E-state index is 13.2. The van der Waals surface area contributed by atoms with Gasteiger partial charge in [0, 0.05) is 18.0 Å². The SMILES string of the molecule is Cc1cc(/C(N)=C(/C#N)c2cccnc2)ccc1F. The maximum absolute atomic E-state index is 13.2. The number of pyridine rings is 1. The van der Waals surface area contributed by atoms with E-state index in [0.29, 0.717) is 28.0 Å². The summed E-state index contributed by atoms with van der Waals surface area (Å²) >= 11 is 0. The van der Waals surface area contributed by atoms with Gasteiger partial charge in [-0.05, 0) is 42.3 Å². The Morgan fingerprint density at radius 3 is 2.68 bits per heavy atom. The third-order valence-electron chi connectivity index (χ3n) is 2.80. The summed E-state index contributed by atoms with van der Waals surface area (Å²) in [4.78, 5) is 3.96. The largest absolute Gasteiger partial charge is 0.397 e. The van der Waals surface area contributed by atoms with E-state index in [0.717, 1.165) is 0 Å². The number of rotatable bonds is 2. The summed E-state index contributed by atoms with van der Waals surface area (Å²) in [6.45, 7) is 1.65. The molecule has 1 aromatic heterocycles. The highest BCUT2D eigenvalue weighted by atomic mass is 19.1. The molecule has 0 bridgehead atoms. The number of hydrogen-bond acceptors (Lipinski definition) is 3. The van der Waals surface area contributed by atoms with Crippen LogP contribution < -0.4 is 5.73 Å². The van der Waals surface area contributed by atoms with Crippen molar-refractivity contribution in [2.24, 2.45) is 5.73 Å². The summed E-state index contributed by atoms with van der Waals surface area (Å²) in [7, 11) is 0. The van der Waals surface area contributed by atoms with Crippen molar-refractivity contribution in [3.05, 3.63) is 65.2 Å². The Hall–Kier alpha value is -2.67. The van der Waals surface area contributed by atoms with E-state index in [1.165, 1.54) is 6.07 Å². The molecule has 0 saturated heterocycles. The van der Waals surface area contributed by atoms with Gasteiger partial charge in [0.15, 0.2) is 0 Å². The molecule has 0 unspecified atom stereocenters. The molecule has 0 fully saturated rings. The van der Waals surface area contributed by atoms with Gasteiger partial charge in [-0.25, -0.2) is 4.39 Å². The third-order valence-corrected chi connectivity index (χ3v) is 2.80. The number of nitrogens with two attached hydrogens (primary N) is 1. The molecule has 4 heteroatoms. The highest BCUT2D eigenvalue weighted by Crippen LogP contribution is 2.22. The van der Waals surface area contributed by atoms with E-state index in [2.05, 4.69) is 11.1 Å². The van der Waals surface area contributed by atoms with Crippen molar-refractivity contribution in [3.63, 3.8) is 0 Å². The lowest BCUT2D eigenvalue weighted by atomic mass is 10.0. The van der Waals surface area contributed by atoms with Gasteiger partial charge in [-0.1, -0.05) is 6.07 Å². The summed E-state index contributed by atoms with van der Waals surface area (Å²) in [5.74, 6) is -0.295. The average Bonchev–Trinajstić information content (AvgIpc) is 2.44. The zero-order chi connectivity index (χ0) is 13.8. The van der Waals surface area contributed by atoms with Crippen LogP contribution in [0.1, 0.15) is 16.7 Å². The molecule has 2 aromatic rings. The number of aromatic nitrogens is 1. The van der Waals surface area contributed by atoms with E-state index in [1.807, 2.05) is 0 Å². The minimum absolute atomic E-state index is 0.295. The first kappa shape index (κ1) is 12.8. The second kappa shape index (κ2) is 5.32. The van der Waals surface area contributed by atoms with Crippen LogP contribution in [-0.4, -0.2) is 4.98 Å². The number of hydrogen-bond donors (Lipinski definition) is 1. The van der Waals surface area contributed by atoms with Crippen LogP contribution in [0.3, 0.4) is 0 Å². The summed E-state index contributed by atoms with van der Waals surface area (Å²) < 4.78 is 13.2. The average molecular weight is 253 g/mol. The summed E-state index contributed by atoms with van der Waals surface area (Å²) in [6, 6.07) is 10.1. The molecule has 1 heterocycles. The van der Waals surface area contributed by atoms with Crippen LogP contribution in [0, 0.1) is 24.1 Å². The van der Waals surface area contributed by atoms with Gasteiger partial charge in [0.05, 0.1) is 11.3 Å². The molecule has 94 valence electrons. The maximum Gasteiger partial charge on any atom is 0.126 e. The summed E-state index contributed by atoms with van der Waals surface area (Å²) in [6.07, 6.45) is 3.19. The number of benzene rings is 1. The molecular weight excluding hydrogens is 241 g/mol. The highest BCUT2D eigenvalue weighted by Gasteiger charge is 2.09. The standard InChI is InChI=1S/C15H12FN3/c1-10-7-11(4-5-14(10)16)15(18)13(8-17)12-3-2-6-19-9-12/h2-7,9H,18H2,1H3/b15-13+. The lowest BCUT2D eigenvalue weighted by Crippen LogP contribution is -2.01. The predicted molar refractivity (Wildman–Crippen MR) is 72.0 cm³/mol. The number of aryl methyl sites for hydroxylation is 1. The minimum Gasteiger partial charge on any atom is -0.397 e. The fraction of sp³-hybridized carbons (Fsp3) is 0.0667. The second-order valence-corrected chi connectivity index (χ2v) is 4.11. The first-order valence-electron chi connectivity index (χ1n) is 5.70. The van der Waals surface area contributed by atoms with Crippen molar-refractivity contribution in [3.8, 4) is 6.07 Å². The van der Waals surface area contributed by atoms with E-state index >= 15 is 0 Å². The van der Waals surface area contributed by atoms with Gasteiger partial charge in [-0.15, -0.1) is 0 Å². The molecule has 0 saturated carbocycles. The fourth-order valence-electron chi connectivity index (χ4n) is 1.75. The lowest BCUT2D eigenvalue weighted by molar-refractivity contribution is 0.618. The predicted octanol–water partition coefficient (Wildman–Crippen LogP) is 2.88. The van der Waals surface area contributed by atoms with Gasteiger partial charge in [-0.3, -0.25) is 4.98 Å². The normalized spacial score (nSPS) is 11.6.